The van der Waals surface area contributed by atoms with Gasteiger partial charge in [-0.3, -0.25) is 9.48 Å². The number of aromatic nitrogens is 2. The largest absolute Gasteiger partial charge is 0.435 e. The second kappa shape index (κ2) is 6.28. The molecule has 1 aromatic heterocycles. The highest BCUT2D eigenvalue weighted by Gasteiger charge is 2.37. The van der Waals surface area contributed by atoms with Crippen LogP contribution in [0.3, 0.4) is 0 Å². The van der Waals surface area contributed by atoms with Gasteiger partial charge in [-0.1, -0.05) is 0 Å². The molecule has 1 saturated heterocycles. The lowest BCUT2D eigenvalue weighted by atomic mass is 9.92. The third-order valence-electron chi connectivity index (χ3n) is 3.93. The van der Waals surface area contributed by atoms with Gasteiger partial charge in [0.05, 0.1) is 0 Å². The number of hydrogen-bond donors (Lipinski definition) is 1. The zero-order chi connectivity index (χ0) is 16.5. The van der Waals surface area contributed by atoms with Crippen LogP contribution >= 0.6 is 0 Å². The summed E-state index contributed by atoms with van der Waals surface area (Å²) in [4.78, 5) is 13.8. The van der Waals surface area contributed by atoms with Gasteiger partial charge in [0.15, 0.2) is 5.69 Å². The number of aryl methyl sites for hydroxylation is 1. The first kappa shape index (κ1) is 16.8. The summed E-state index contributed by atoms with van der Waals surface area (Å²) in [7, 11) is 2.98. The molecule has 0 spiro atoms. The number of carbonyl (C=O) groups excluding carboxylic acids is 1. The molecule has 22 heavy (non-hydrogen) atoms. The van der Waals surface area contributed by atoms with Gasteiger partial charge < -0.3 is 10.2 Å². The van der Waals surface area contributed by atoms with Crippen LogP contribution in [-0.2, 0) is 24.6 Å². The Balaban J connectivity index is 2.08. The van der Waals surface area contributed by atoms with Crippen LogP contribution in [0, 0.1) is 5.92 Å². The molecule has 0 unspecified atom stereocenters. The molecular formula is C14H21F3N4O. The molecule has 1 N–H and O–H groups in total. The molecule has 0 radical (unpaired) electrons. The van der Waals surface area contributed by atoms with Crippen LogP contribution in [0.15, 0.2) is 6.20 Å². The van der Waals surface area contributed by atoms with Crippen molar-refractivity contribution < 1.29 is 18.0 Å². The van der Waals surface area contributed by atoms with Crippen molar-refractivity contribution in [1.82, 2.24) is 20.0 Å². The van der Waals surface area contributed by atoms with Crippen LogP contribution < -0.4 is 5.32 Å². The summed E-state index contributed by atoms with van der Waals surface area (Å²) in [6.45, 7) is 2.67. The number of alkyl halides is 3. The minimum Gasteiger partial charge on any atom is -0.341 e. The molecule has 5 nitrogen and oxygen atoms in total. The Kier molecular flexibility index (Phi) is 4.79. The fraction of sp³-hybridized carbons (Fsp3) is 0.714. The van der Waals surface area contributed by atoms with E-state index < -0.39 is 11.9 Å². The van der Waals surface area contributed by atoms with Crippen molar-refractivity contribution in [3.63, 3.8) is 0 Å². The minimum absolute atomic E-state index is 0.0211. The highest BCUT2D eigenvalue weighted by molar-refractivity contribution is 5.78. The van der Waals surface area contributed by atoms with Gasteiger partial charge >= 0.3 is 6.18 Å². The van der Waals surface area contributed by atoms with Crippen LogP contribution in [0.25, 0.3) is 0 Å². The van der Waals surface area contributed by atoms with Crippen molar-refractivity contribution in [1.29, 1.82) is 0 Å². The Morgan fingerprint density at radius 3 is 2.82 bits per heavy atom. The number of halogens is 3. The Hall–Kier alpha value is -1.57. The predicted molar refractivity (Wildman–Crippen MR) is 74.9 cm³/mol. The van der Waals surface area contributed by atoms with Crippen molar-refractivity contribution in [2.75, 3.05) is 13.6 Å². The molecule has 1 aromatic rings. The van der Waals surface area contributed by atoms with Crippen molar-refractivity contribution in [2.24, 2.45) is 13.0 Å². The van der Waals surface area contributed by atoms with E-state index in [4.69, 9.17) is 0 Å². The number of nitrogens with one attached hydrogen (secondary N) is 1. The van der Waals surface area contributed by atoms with Crippen molar-refractivity contribution in [3.8, 4) is 0 Å². The van der Waals surface area contributed by atoms with Gasteiger partial charge in [-0.15, -0.1) is 0 Å². The lowest BCUT2D eigenvalue weighted by Gasteiger charge is -2.30. The monoisotopic (exact) mass is 318 g/mol. The number of rotatable bonds is 3. The molecule has 1 aliphatic heterocycles. The Labute approximate surface area is 127 Å². The first-order chi connectivity index (χ1) is 10.2. The Morgan fingerprint density at radius 1 is 1.55 bits per heavy atom. The maximum absolute atomic E-state index is 12.9. The van der Waals surface area contributed by atoms with Crippen LogP contribution in [0.4, 0.5) is 13.2 Å². The van der Waals surface area contributed by atoms with E-state index in [2.05, 4.69) is 10.4 Å². The molecule has 0 aliphatic carbocycles. The first-order valence-corrected chi connectivity index (χ1v) is 7.26. The average Bonchev–Trinajstić information content (AvgIpc) is 2.78. The predicted octanol–water partition coefficient (Wildman–Crippen LogP) is 1.79. The topological polar surface area (TPSA) is 50.2 Å². The van der Waals surface area contributed by atoms with Gasteiger partial charge in [0.1, 0.15) is 0 Å². The maximum Gasteiger partial charge on any atom is 0.435 e. The fourth-order valence-corrected chi connectivity index (χ4v) is 2.89. The molecule has 2 rings (SSSR count). The third-order valence-corrected chi connectivity index (χ3v) is 3.93. The first-order valence-electron chi connectivity index (χ1n) is 7.26. The molecule has 2 atom stereocenters. The fourth-order valence-electron chi connectivity index (χ4n) is 2.89. The van der Waals surface area contributed by atoms with Crippen LogP contribution in [-0.4, -0.2) is 40.2 Å². The van der Waals surface area contributed by atoms with Gasteiger partial charge in [0, 0.05) is 44.4 Å². The molecule has 2 heterocycles. The van der Waals surface area contributed by atoms with E-state index in [0.717, 1.165) is 11.2 Å². The molecule has 8 heteroatoms. The van der Waals surface area contributed by atoms with E-state index in [1.807, 2.05) is 6.92 Å². The maximum atomic E-state index is 12.9. The van der Waals surface area contributed by atoms with Crippen LogP contribution in [0.5, 0.6) is 0 Å². The molecule has 0 saturated carbocycles. The molecular weight excluding hydrogens is 297 g/mol. The molecule has 1 aliphatic rings. The van der Waals surface area contributed by atoms with Gasteiger partial charge in [-0.25, -0.2) is 0 Å². The van der Waals surface area contributed by atoms with E-state index in [9.17, 15) is 18.0 Å². The number of hydrogen-bond acceptors (Lipinski definition) is 3. The average molecular weight is 318 g/mol. The lowest BCUT2D eigenvalue weighted by Crippen LogP contribution is -2.42. The second-order valence-corrected chi connectivity index (χ2v) is 5.95. The van der Waals surface area contributed by atoms with Crippen LogP contribution in [0.2, 0.25) is 0 Å². The van der Waals surface area contributed by atoms with E-state index in [-0.39, 0.29) is 30.0 Å². The minimum atomic E-state index is -4.51. The van der Waals surface area contributed by atoms with Crippen molar-refractivity contribution in [3.05, 3.63) is 17.5 Å². The van der Waals surface area contributed by atoms with E-state index in [0.29, 0.717) is 12.8 Å². The molecule has 1 amide bonds. The number of piperidine rings is 1. The van der Waals surface area contributed by atoms with E-state index in [1.165, 1.54) is 18.1 Å². The summed E-state index contributed by atoms with van der Waals surface area (Å²) in [5.74, 6) is -0.238. The van der Waals surface area contributed by atoms with E-state index >= 15 is 0 Å². The molecule has 0 bridgehead atoms. The smallest absolute Gasteiger partial charge is 0.341 e. The number of nitrogens with zero attached hydrogens (tertiary/aromatic N) is 3. The lowest BCUT2D eigenvalue weighted by molar-refractivity contribution is -0.143. The summed E-state index contributed by atoms with van der Waals surface area (Å²) in [5, 5.41) is 6.72. The Bertz CT molecular complexity index is 541. The highest BCUT2D eigenvalue weighted by atomic mass is 19.4. The summed E-state index contributed by atoms with van der Waals surface area (Å²) in [6, 6.07) is 0.250. The molecule has 124 valence electrons. The molecule has 1 fully saturated rings. The normalized spacial score (nSPS) is 22.6. The van der Waals surface area contributed by atoms with E-state index in [1.54, 1.807) is 7.05 Å². The third kappa shape index (κ3) is 3.79. The van der Waals surface area contributed by atoms with Crippen molar-refractivity contribution in [2.45, 2.75) is 38.5 Å². The SMILES string of the molecule is C[C@H]1C[C@@H](C(=O)N(C)Cc2cn(C)nc2C(F)(F)F)CCN1. The summed E-state index contributed by atoms with van der Waals surface area (Å²) < 4.78 is 39.9. The van der Waals surface area contributed by atoms with Gasteiger partial charge in [0.2, 0.25) is 5.91 Å². The van der Waals surface area contributed by atoms with Crippen molar-refractivity contribution >= 4 is 5.91 Å². The summed E-state index contributed by atoms with van der Waals surface area (Å²) in [6.07, 6.45) is -1.77. The second-order valence-electron chi connectivity index (χ2n) is 5.95. The Morgan fingerprint density at radius 2 is 2.23 bits per heavy atom. The number of amides is 1. The van der Waals surface area contributed by atoms with Gasteiger partial charge in [0.25, 0.3) is 0 Å². The molecule has 0 aromatic carbocycles. The summed E-state index contributed by atoms with van der Waals surface area (Å²) in [5.41, 5.74) is -0.902. The van der Waals surface area contributed by atoms with Crippen LogP contribution in [0.1, 0.15) is 31.0 Å². The van der Waals surface area contributed by atoms with Gasteiger partial charge in [-0.2, -0.15) is 18.3 Å². The number of carbonyl (C=O) groups is 1. The quantitative estimate of drug-likeness (QED) is 0.924. The standard InChI is InChI=1S/C14H21F3N4O/c1-9-6-10(4-5-18-9)13(22)20(2)7-11-8-21(3)19-12(11)14(15,16)17/h8-10,18H,4-7H2,1-3H3/t9-,10-/m0/s1. The summed E-state index contributed by atoms with van der Waals surface area (Å²) >= 11 is 0. The highest BCUT2D eigenvalue weighted by Crippen LogP contribution is 2.31. The van der Waals surface area contributed by atoms with Gasteiger partial charge in [-0.05, 0) is 26.3 Å². The zero-order valence-corrected chi connectivity index (χ0v) is 12.9. The zero-order valence-electron chi connectivity index (χ0n) is 12.9.